The smallest absolute Gasteiger partial charge is 0.242 e. The summed E-state index contributed by atoms with van der Waals surface area (Å²) in [7, 11) is 0. The van der Waals surface area contributed by atoms with Crippen molar-refractivity contribution in [3.63, 3.8) is 0 Å². The first-order valence-electron chi connectivity index (χ1n) is 6.24. The molecule has 2 heterocycles. The molecule has 2 aromatic rings. The van der Waals surface area contributed by atoms with E-state index < -0.39 is 0 Å². The maximum Gasteiger partial charge on any atom is 0.242 e. The van der Waals surface area contributed by atoms with Gasteiger partial charge in [0.1, 0.15) is 11.0 Å². The highest BCUT2D eigenvalue weighted by molar-refractivity contribution is 7.09. The van der Waals surface area contributed by atoms with Crippen LogP contribution in [0.4, 0.5) is 5.69 Å². The second-order valence-electron chi connectivity index (χ2n) is 4.09. The van der Waals surface area contributed by atoms with Gasteiger partial charge < -0.3 is 10.6 Å². The molecule has 0 aromatic carbocycles. The van der Waals surface area contributed by atoms with E-state index in [4.69, 9.17) is 11.6 Å². The van der Waals surface area contributed by atoms with E-state index in [1.807, 2.05) is 12.3 Å². The quantitative estimate of drug-likeness (QED) is 0.805. The van der Waals surface area contributed by atoms with E-state index in [9.17, 15) is 4.79 Å². The van der Waals surface area contributed by atoms with Crippen molar-refractivity contribution in [1.29, 1.82) is 0 Å². The number of amides is 1. The zero-order valence-corrected chi connectivity index (χ0v) is 12.5. The van der Waals surface area contributed by atoms with Crippen LogP contribution in [0.2, 0.25) is 5.15 Å². The van der Waals surface area contributed by atoms with Gasteiger partial charge in [0.2, 0.25) is 5.91 Å². The fraction of sp³-hybridized carbons (Fsp3) is 0.308. The van der Waals surface area contributed by atoms with Crippen LogP contribution in [0.5, 0.6) is 0 Å². The molecule has 1 amide bonds. The first-order chi connectivity index (χ1) is 9.70. The van der Waals surface area contributed by atoms with Crippen molar-refractivity contribution in [2.24, 2.45) is 0 Å². The van der Waals surface area contributed by atoms with Crippen molar-refractivity contribution < 1.29 is 4.79 Å². The van der Waals surface area contributed by atoms with Gasteiger partial charge in [0, 0.05) is 17.8 Å². The van der Waals surface area contributed by atoms with Crippen molar-refractivity contribution in [1.82, 2.24) is 15.3 Å². The van der Waals surface area contributed by atoms with Gasteiger partial charge in [-0.3, -0.25) is 4.79 Å². The van der Waals surface area contributed by atoms with Crippen LogP contribution in [-0.4, -0.2) is 21.9 Å². The summed E-state index contributed by atoms with van der Waals surface area (Å²) in [6.07, 6.45) is 3.98. The molecular formula is C13H15ClN4OS. The molecule has 2 aromatic heterocycles. The topological polar surface area (TPSA) is 66.9 Å². The fourth-order valence-electron chi connectivity index (χ4n) is 1.66. The van der Waals surface area contributed by atoms with Crippen molar-refractivity contribution in [2.45, 2.75) is 25.9 Å². The van der Waals surface area contributed by atoms with Gasteiger partial charge in [0.05, 0.1) is 12.2 Å². The lowest BCUT2D eigenvalue weighted by molar-refractivity contribution is -0.122. The molecule has 20 heavy (non-hydrogen) atoms. The van der Waals surface area contributed by atoms with Gasteiger partial charge >= 0.3 is 0 Å². The van der Waals surface area contributed by atoms with E-state index in [1.54, 1.807) is 24.5 Å². The molecule has 0 aliphatic heterocycles. The van der Waals surface area contributed by atoms with Gasteiger partial charge in [-0.05, 0) is 18.6 Å². The van der Waals surface area contributed by atoms with Gasteiger partial charge in [0.25, 0.3) is 0 Å². The molecule has 7 heteroatoms. The number of halogens is 1. The van der Waals surface area contributed by atoms with Gasteiger partial charge in [-0.2, -0.15) is 0 Å². The van der Waals surface area contributed by atoms with Crippen LogP contribution in [0.3, 0.4) is 0 Å². The average molecular weight is 311 g/mol. The summed E-state index contributed by atoms with van der Waals surface area (Å²) in [4.78, 5) is 20.2. The van der Waals surface area contributed by atoms with Gasteiger partial charge in [-0.25, -0.2) is 9.97 Å². The van der Waals surface area contributed by atoms with Crippen LogP contribution in [-0.2, 0) is 11.3 Å². The van der Waals surface area contributed by atoms with Crippen LogP contribution in [0, 0.1) is 0 Å². The predicted octanol–water partition coefficient (Wildman–Crippen LogP) is 2.70. The van der Waals surface area contributed by atoms with E-state index in [0.29, 0.717) is 23.8 Å². The molecule has 0 saturated carbocycles. The number of nitrogens with one attached hydrogen (secondary N) is 2. The van der Waals surface area contributed by atoms with Crippen LogP contribution in [0.1, 0.15) is 18.4 Å². The highest BCUT2D eigenvalue weighted by Gasteiger charge is 2.17. The Morgan fingerprint density at radius 1 is 1.45 bits per heavy atom. The molecule has 1 atom stereocenters. The SMILES string of the molecule is CCC(Nc1cccnc1Cl)C(=O)NCc1nccs1. The first kappa shape index (κ1) is 14.7. The van der Waals surface area contributed by atoms with E-state index in [2.05, 4.69) is 20.6 Å². The Balaban J connectivity index is 1.94. The maximum absolute atomic E-state index is 12.1. The van der Waals surface area contributed by atoms with Crippen LogP contribution in [0.25, 0.3) is 0 Å². The lowest BCUT2D eigenvalue weighted by atomic mass is 10.2. The molecule has 2 rings (SSSR count). The van der Waals surface area contributed by atoms with E-state index in [1.165, 1.54) is 11.3 Å². The monoisotopic (exact) mass is 310 g/mol. The average Bonchev–Trinajstić information content (AvgIpc) is 2.97. The summed E-state index contributed by atoms with van der Waals surface area (Å²) < 4.78 is 0. The molecule has 1 unspecified atom stereocenters. The van der Waals surface area contributed by atoms with Crippen LogP contribution < -0.4 is 10.6 Å². The number of carbonyl (C=O) groups is 1. The number of aromatic nitrogens is 2. The van der Waals surface area contributed by atoms with Crippen molar-refractivity contribution >= 4 is 34.5 Å². The zero-order chi connectivity index (χ0) is 14.4. The van der Waals surface area contributed by atoms with Gasteiger partial charge in [-0.1, -0.05) is 18.5 Å². The minimum Gasteiger partial charge on any atom is -0.371 e. The molecule has 0 aliphatic carbocycles. The molecule has 0 spiro atoms. The minimum absolute atomic E-state index is 0.0809. The van der Waals surface area contributed by atoms with Crippen molar-refractivity contribution in [3.05, 3.63) is 40.1 Å². The fourth-order valence-corrected chi connectivity index (χ4v) is 2.39. The Morgan fingerprint density at radius 2 is 2.30 bits per heavy atom. The van der Waals surface area contributed by atoms with E-state index >= 15 is 0 Å². The molecule has 106 valence electrons. The predicted molar refractivity (Wildman–Crippen MR) is 80.9 cm³/mol. The summed E-state index contributed by atoms with van der Waals surface area (Å²) in [5.41, 5.74) is 0.658. The third-order valence-corrected chi connectivity index (χ3v) is 3.79. The summed E-state index contributed by atoms with van der Waals surface area (Å²) in [5.74, 6) is -0.0809. The Kier molecular flexibility index (Phi) is 5.31. The van der Waals surface area contributed by atoms with Crippen molar-refractivity contribution in [2.75, 3.05) is 5.32 Å². The van der Waals surface area contributed by atoms with Gasteiger partial charge in [0.15, 0.2) is 5.15 Å². The highest BCUT2D eigenvalue weighted by Crippen LogP contribution is 2.19. The third-order valence-electron chi connectivity index (χ3n) is 2.71. The second kappa shape index (κ2) is 7.21. The number of carbonyl (C=O) groups excluding carboxylic acids is 1. The van der Waals surface area contributed by atoms with E-state index in [0.717, 1.165) is 5.01 Å². The minimum atomic E-state index is -0.350. The molecule has 0 aliphatic rings. The molecule has 5 nitrogen and oxygen atoms in total. The van der Waals surface area contributed by atoms with Crippen molar-refractivity contribution in [3.8, 4) is 0 Å². The highest BCUT2D eigenvalue weighted by atomic mass is 35.5. The number of rotatable bonds is 6. The number of thiazole rings is 1. The lowest BCUT2D eigenvalue weighted by Gasteiger charge is -2.18. The Hall–Kier alpha value is -1.66. The Morgan fingerprint density at radius 3 is 2.95 bits per heavy atom. The molecule has 2 N–H and O–H groups in total. The molecule has 0 fully saturated rings. The molecule has 0 saturated heterocycles. The van der Waals surface area contributed by atoms with Crippen LogP contribution >= 0.6 is 22.9 Å². The van der Waals surface area contributed by atoms with Crippen LogP contribution in [0.15, 0.2) is 29.9 Å². The largest absolute Gasteiger partial charge is 0.371 e. The summed E-state index contributed by atoms with van der Waals surface area (Å²) >= 11 is 7.49. The number of hydrogen-bond acceptors (Lipinski definition) is 5. The second-order valence-corrected chi connectivity index (χ2v) is 5.43. The summed E-state index contributed by atoms with van der Waals surface area (Å²) in [5, 5.41) is 9.09. The van der Waals surface area contributed by atoms with Gasteiger partial charge in [-0.15, -0.1) is 11.3 Å². The Labute approximate surface area is 126 Å². The molecule has 0 radical (unpaired) electrons. The normalized spacial score (nSPS) is 11.9. The maximum atomic E-state index is 12.1. The third kappa shape index (κ3) is 3.91. The molecular weight excluding hydrogens is 296 g/mol. The number of anilines is 1. The number of hydrogen-bond donors (Lipinski definition) is 2. The lowest BCUT2D eigenvalue weighted by Crippen LogP contribution is -2.39. The standard InChI is InChI=1S/C13H15ClN4OS/c1-2-9(18-10-4-3-5-16-12(10)14)13(19)17-8-11-15-6-7-20-11/h3-7,9,18H,2,8H2,1H3,(H,17,19). The zero-order valence-electron chi connectivity index (χ0n) is 11.0. The number of nitrogens with zero attached hydrogens (tertiary/aromatic N) is 2. The Bertz CT molecular complexity index is 561. The summed E-state index contributed by atoms with van der Waals surface area (Å²) in [6.45, 7) is 2.38. The molecule has 0 bridgehead atoms. The number of pyridine rings is 1. The van der Waals surface area contributed by atoms with E-state index in [-0.39, 0.29) is 11.9 Å². The first-order valence-corrected chi connectivity index (χ1v) is 7.49. The summed E-state index contributed by atoms with van der Waals surface area (Å²) in [6, 6.07) is 3.22.